The number of hydrogen-bond donors (Lipinski definition) is 1. The average molecular weight is 328 g/mol. The highest BCUT2D eigenvalue weighted by molar-refractivity contribution is 5.41. The van der Waals surface area contributed by atoms with Crippen LogP contribution in [0.3, 0.4) is 0 Å². The fourth-order valence-corrected chi connectivity index (χ4v) is 2.81. The third-order valence-corrected chi connectivity index (χ3v) is 4.20. The number of hydrogen-bond acceptors (Lipinski definition) is 7. The molecule has 1 aliphatic heterocycles. The molecule has 1 saturated heterocycles. The fourth-order valence-electron chi connectivity index (χ4n) is 2.81. The van der Waals surface area contributed by atoms with Gasteiger partial charge in [0.2, 0.25) is 5.88 Å². The molecule has 0 bridgehead atoms. The number of methoxy groups -OCH3 is 1. The molecule has 0 spiro atoms. The molecule has 7 nitrogen and oxygen atoms in total. The van der Waals surface area contributed by atoms with Gasteiger partial charge < -0.3 is 15.0 Å². The summed E-state index contributed by atoms with van der Waals surface area (Å²) in [5, 5.41) is 3.47. The van der Waals surface area contributed by atoms with E-state index in [0.29, 0.717) is 17.8 Å². The molecule has 0 aliphatic carbocycles. The summed E-state index contributed by atoms with van der Waals surface area (Å²) in [5.41, 5.74) is 0. The van der Waals surface area contributed by atoms with Crippen LogP contribution in [0.25, 0.3) is 0 Å². The molecule has 0 radical (unpaired) electrons. The van der Waals surface area contributed by atoms with Crippen LogP contribution in [0.15, 0.2) is 24.7 Å². The van der Waals surface area contributed by atoms with Crippen LogP contribution in [0.2, 0.25) is 0 Å². The molecule has 24 heavy (non-hydrogen) atoms. The van der Waals surface area contributed by atoms with Crippen molar-refractivity contribution in [2.75, 3.05) is 30.4 Å². The lowest BCUT2D eigenvalue weighted by molar-refractivity contribution is 0.397. The Balaban J connectivity index is 1.58. The highest BCUT2D eigenvalue weighted by Crippen LogP contribution is 2.22. The van der Waals surface area contributed by atoms with Crippen molar-refractivity contribution in [2.45, 2.75) is 38.6 Å². The van der Waals surface area contributed by atoms with E-state index in [1.807, 2.05) is 18.3 Å². The lowest BCUT2D eigenvalue weighted by atomic mass is 10.1. The zero-order valence-electron chi connectivity index (χ0n) is 14.4. The Morgan fingerprint density at radius 2 is 2.00 bits per heavy atom. The summed E-state index contributed by atoms with van der Waals surface area (Å²) in [6, 6.07) is 4.22. The van der Waals surface area contributed by atoms with E-state index < -0.39 is 0 Å². The molecular weight excluding hydrogens is 304 g/mol. The van der Waals surface area contributed by atoms with Gasteiger partial charge in [0.1, 0.15) is 23.8 Å². The number of ether oxygens (including phenoxy) is 1. The average Bonchev–Trinajstić information content (AvgIpc) is 2.62. The number of aromatic nitrogens is 4. The zero-order chi connectivity index (χ0) is 16.9. The lowest BCUT2D eigenvalue weighted by Gasteiger charge is -2.33. The zero-order valence-corrected chi connectivity index (χ0v) is 14.4. The predicted octanol–water partition coefficient (Wildman–Crippen LogP) is 2.48. The molecule has 128 valence electrons. The van der Waals surface area contributed by atoms with Crippen molar-refractivity contribution in [3.05, 3.63) is 30.5 Å². The van der Waals surface area contributed by atoms with Crippen LogP contribution in [-0.2, 0) is 0 Å². The molecule has 0 unspecified atom stereocenters. The third kappa shape index (κ3) is 3.90. The van der Waals surface area contributed by atoms with Crippen LogP contribution in [0.1, 0.15) is 38.4 Å². The minimum absolute atomic E-state index is 0.344. The second kappa shape index (κ2) is 7.42. The van der Waals surface area contributed by atoms with E-state index >= 15 is 0 Å². The lowest BCUT2D eigenvalue weighted by Crippen LogP contribution is -2.39. The first kappa shape index (κ1) is 16.4. The number of nitrogens with one attached hydrogen (secondary N) is 1. The van der Waals surface area contributed by atoms with Crippen molar-refractivity contribution in [3.8, 4) is 5.88 Å². The Morgan fingerprint density at radius 3 is 2.71 bits per heavy atom. The normalized spacial score (nSPS) is 15.6. The van der Waals surface area contributed by atoms with Gasteiger partial charge in [0.25, 0.3) is 0 Å². The third-order valence-electron chi connectivity index (χ3n) is 4.20. The summed E-state index contributed by atoms with van der Waals surface area (Å²) in [6.45, 7) is 6.17. The van der Waals surface area contributed by atoms with Crippen LogP contribution in [0.5, 0.6) is 5.88 Å². The monoisotopic (exact) mass is 328 g/mol. The Hall–Kier alpha value is -2.44. The van der Waals surface area contributed by atoms with E-state index in [9.17, 15) is 0 Å². The molecule has 7 heteroatoms. The minimum Gasteiger partial charge on any atom is -0.481 e. The Bertz CT molecular complexity index is 670. The van der Waals surface area contributed by atoms with E-state index in [1.54, 1.807) is 7.11 Å². The van der Waals surface area contributed by atoms with Crippen molar-refractivity contribution in [1.82, 2.24) is 19.9 Å². The minimum atomic E-state index is 0.344. The number of rotatable bonds is 5. The van der Waals surface area contributed by atoms with Crippen LogP contribution >= 0.6 is 0 Å². The quantitative estimate of drug-likeness (QED) is 0.903. The van der Waals surface area contributed by atoms with E-state index in [0.717, 1.165) is 43.4 Å². The Labute approximate surface area is 142 Å². The molecule has 0 atom stereocenters. The van der Waals surface area contributed by atoms with Gasteiger partial charge in [0, 0.05) is 37.3 Å². The van der Waals surface area contributed by atoms with E-state index in [1.165, 1.54) is 6.33 Å². The second-order valence-electron chi connectivity index (χ2n) is 6.28. The number of nitrogens with zero attached hydrogens (tertiary/aromatic N) is 5. The molecule has 1 aliphatic rings. The molecule has 2 aromatic heterocycles. The summed E-state index contributed by atoms with van der Waals surface area (Å²) in [4.78, 5) is 19.6. The molecule has 0 aromatic carbocycles. The molecule has 2 aromatic rings. The van der Waals surface area contributed by atoms with Gasteiger partial charge in [-0.05, 0) is 18.9 Å². The second-order valence-corrected chi connectivity index (χ2v) is 6.28. The SMILES string of the molecule is COc1cc(NC2CCN(c3ccnc(C(C)C)n3)CC2)ncn1. The smallest absolute Gasteiger partial charge is 0.218 e. The summed E-state index contributed by atoms with van der Waals surface area (Å²) >= 11 is 0. The molecule has 3 heterocycles. The van der Waals surface area contributed by atoms with E-state index in [2.05, 4.69) is 44.0 Å². The highest BCUT2D eigenvalue weighted by Gasteiger charge is 2.21. The van der Waals surface area contributed by atoms with Crippen LogP contribution < -0.4 is 15.0 Å². The summed E-state index contributed by atoms with van der Waals surface area (Å²) in [5.74, 6) is 3.66. The maximum Gasteiger partial charge on any atom is 0.218 e. The molecule has 1 N–H and O–H groups in total. The van der Waals surface area contributed by atoms with Gasteiger partial charge >= 0.3 is 0 Å². The van der Waals surface area contributed by atoms with Crippen molar-refractivity contribution >= 4 is 11.6 Å². The first-order valence-corrected chi connectivity index (χ1v) is 8.36. The Morgan fingerprint density at radius 1 is 1.21 bits per heavy atom. The molecule has 0 amide bonds. The van der Waals surface area contributed by atoms with Crippen molar-refractivity contribution in [2.24, 2.45) is 0 Å². The maximum atomic E-state index is 5.14. The molecule has 3 rings (SSSR count). The standard InChI is InChI=1S/C17H24N6O/c1-12(2)17-18-7-4-15(22-17)23-8-5-13(6-9-23)21-14-10-16(24-3)20-11-19-14/h4,7,10-13H,5-6,8-9H2,1-3H3,(H,19,20,21). The largest absolute Gasteiger partial charge is 0.481 e. The van der Waals surface area contributed by atoms with Gasteiger partial charge in [-0.15, -0.1) is 0 Å². The van der Waals surface area contributed by atoms with Gasteiger partial charge in [-0.1, -0.05) is 13.8 Å². The fraction of sp³-hybridized carbons (Fsp3) is 0.529. The van der Waals surface area contributed by atoms with E-state index in [4.69, 9.17) is 4.74 Å². The first-order chi connectivity index (χ1) is 11.7. The first-order valence-electron chi connectivity index (χ1n) is 8.36. The number of anilines is 2. The summed E-state index contributed by atoms with van der Waals surface area (Å²) < 4.78 is 5.14. The van der Waals surface area contributed by atoms with Gasteiger partial charge in [-0.25, -0.2) is 19.9 Å². The van der Waals surface area contributed by atoms with Crippen LogP contribution in [-0.4, -0.2) is 46.2 Å². The van der Waals surface area contributed by atoms with Crippen molar-refractivity contribution in [1.29, 1.82) is 0 Å². The topological polar surface area (TPSA) is 76.1 Å². The van der Waals surface area contributed by atoms with Gasteiger partial charge in [0.05, 0.1) is 7.11 Å². The van der Waals surface area contributed by atoms with Gasteiger partial charge in [-0.3, -0.25) is 0 Å². The van der Waals surface area contributed by atoms with Crippen LogP contribution in [0.4, 0.5) is 11.6 Å². The molecule has 1 fully saturated rings. The predicted molar refractivity (Wildman–Crippen MR) is 93.6 cm³/mol. The van der Waals surface area contributed by atoms with E-state index in [-0.39, 0.29) is 0 Å². The van der Waals surface area contributed by atoms with Gasteiger partial charge in [-0.2, -0.15) is 0 Å². The summed E-state index contributed by atoms with van der Waals surface area (Å²) in [7, 11) is 1.61. The van der Waals surface area contributed by atoms with Crippen LogP contribution in [0, 0.1) is 0 Å². The highest BCUT2D eigenvalue weighted by atomic mass is 16.5. The van der Waals surface area contributed by atoms with Crippen molar-refractivity contribution in [3.63, 3.8) is 0 Å². The summed E-state index contributed by atoms with van der Waals surface area (Å²) in [6.07, 6.45) is 5.44. The van der Waals surface area contributed by atoms with Crippen molar-refractivity contribution < 1.29 is 4.74 Å². The Kier molecular flexibility index (Phi) is 5.08. The molecule has 0 saturated carbocycles. The maximum absolute atomic E-state index is 5.14. The van der Waals surface area contributed by atoms with Gasteiger partial charge in [0.15, 0.2) is 0 Å². The number of piperidine rings is 1. The molecular formula is C17H24N6O.